The molecule has 2 N–H and O–H groups in total. The van der Waals surface area contributed by atoms with E-state index in [-0.39, 0.29) is 36.3 Å². The highest BCUT2D eigenvalue weighted by Gasteiger charge is 2.29. The van der Waals surface area contributed by atoms with Crippen molar-refractivity contribution in [1.29, 1.82) is 0 Å². The van der Waals surface area contributed by atoms with Gasteiger partial charge in [0.15, 0.2) is 0 Å². The number of rotatable bonds is 8. The lowest BCUT2D eigenvalue weighted by Crippen LogP contribution is -2.22. The zero-order chi connectivity index (χ0) is 20.0. The van der Waals surface area contributed by atoms with Gasteiger partial charge < -0.3 is 10.2 Å². The Labute approximate surface area is 165 Å². The Morgan fingerprint density at radius 2 is 1.74 bits per heavy atom. The van der Waals surface area contributed by atoms with Gasteiger partial charge >= 0.3 is 0 Å². The molecule has 0 spiro atoms. The van der Waals surface area contributed by atoms with Gasteiger partial charge in [0, 0.05) is 29.0 Å². The highest BCUT2D eigenvalue weighted by Crippen LogP contribution is 2.32. The average molecular weight is 435 g/mol. The van der Waals surface area contributed by atoms with Crippen LogP contribution in [0.3, 0.4) is 0 Å². The minimum atomic E-state index is -0.875. The fourth-order valence-electron chi connectivity index (χ4n) is 2.76. The van der Waals surface area contributed by atoms with Gasteiger partial charge in [0.1, 0.15) is 11.6 Å². The molecule has 2 aromatic rings. The maximum atomic E-state index is 14.2. The summed E-state index contributed by atoms with van der Waals surface area (Å²) in [6.45, 7) is 1.35. The van der Waals surface area contributed by atoms with E-state index in [1.54, 1.807) is 37.3 Å². The zero-order valence-corrected chi connectivity index (χ0v) is 16.4. The molecule has 0 aromatic heterocycles. The van der Waals surface area contributed by atoms with Gasteiger partial charge in [-0.15, -0.1) is 0 Å². The van der Waals surface area contributed by atoms with E-state index in [0.717, 1.165) is 4.47 Å². The van der Waals surface area contributed by atoms with Crippen molar-refractivity contribution in [2.75, 3.05) is 6.61 Å². The van der Waals surface area contributed by atoms with Crippen molar-refractivity contribution in [2.45, 2.75) is 25.7 Å². The zero-order valence-electron chi connectivity index (χ0n) is 14.8. The maximum absolute atomic E-state index is 14.2. The molecule has 142 valence electrons. The fourth-order valence-corrected chi connectivity index (χ4v) is 3.02. The first-order valence-corrected chi connectivity index (χ1v) is 9.28. The first kappa shape index (κ1) is 21.0. The number of allylic oxidation sites excluding steroid dienone is 1. The van der Waals surface area contributed by atoms with Gasteiger partial charge in [-0.3, -0.25) is 9.59 Å². The first-order valence-electron chi connectivity index (χ1n) is 8.48. The van der Waals surface area contributed by atoms with Gasteiger partial charge in [-0.1, -0.05) is 53.2 Å². The summed E-state index contributed by atoms with van der Waals surface area (Å²) in [6, 6.07) is 12.5. The number of aliphatic hydroxyl groups is 2. The third kappa shape index (κ3) is 5.11. The number of hydrogen-bond donors (Lipinski definition) is 2. The van der Waals surface area contributed by atoms with Crippen LogP contribution in [0.1, 0.15) is 36.8 Å². The number of carbonyl (C=O) groups excluding carboxylic acids is 2. The quantitative estimate of drug-likeness (QED) is 0.362. The van der Waals surface area contributed by atoms with E-state index in [0.29, 0.717) is 5.56 Å². The number of benzene rings is 2. The molecule has 0 amide bonds. The first-order chi connectivity index (χ1) is 12.9. The average Bonchev–Trinajstić information content (AvgIpc) is 2.66. The monoisotopic (exact) mass is 434 g/mol. The normalized spacial score (nSPS) is 13.0. The van der Waals surface area contributed by atoms with Gasteiger partial charge in [0.25, 0.3) is 0 Å². The van der Waals surface area contributed by atoms with Crippen molar-refractivity contribution in [3.8, 4) is 0 Å². The Kier molecular flexibility index (Phi) is 7.45. The highest BCUT2D eigenvalue weighted by atomic mass is 79.9. The van der Waals surface area contributed by atoms with E-state index in [9.17, 15) is 19.1 Å². The van der Waals surface area contributed by atoms with E-state index in [2.05, 4.69) is 15.9 Å². The number of Topliss-reactive ketones (excluding diaryl/α,β-unsaturated/α-hetero) is 2. The summed E-state index contributed by atoms with van der Waals surface area (Å²) in [7, 11) is 0. The fraction of sp³-hybridized carbons (Fsp3) is 0.238. The number of ketones is 2. The molecule has 0 radical (unpaired) electrons. The Morgan fingerprint density at radius 3 is 2.33 bits per heavy atom. The van der Waals surface area contributed by atoms with Crippen LogP contribution in [-0.4, -0.2) is 28.4 Å². The third-order valence-electron chi connectivity index (χ3n) is 4.24. The summed E-state index contributed by atoms with van der Waals surface area (Å²) in [6.07, 6.45) is 0.00141. The largest absolute Gasteiger partial charge is 0.507 e. The molecule has 4 nitrogen and oxygen atoms in total. The summed E-state index contributed by atoms with van der Waals surface area (Å²) in [5, 5.41) is 19.7. The van der Waals surface area contributed by atoms with Crippen LogP contribution in [0.2, 0.25) is 0 Å². The Hall–Kier alpha value is -2.31. The molecule has 0 bridgehead atoms. The smallest absolute Gasteiger partial charge is 0.228 e. The van der Waals surface area contributed by atoms with Crippen LogP contribution in [0, 0.1) is 5.82 Å². The van der Waals surface area contributed by atoms with Gasteiger partial charge in [-0.05, 0) is 30.2 Å². The van der Waals surface area contributed by atoms with Crippen LogP contribution in [0.4, 0.5) is 4.39 Å². The lowest BCUT2D eigenvalue weighted by atomic mass is 9.85. The van der Waals surface area contributed by atoms with Gasteiger partial charge in [0.05, 0.1) is 5.57 Å². The topological polar surface area (TPSA) is 74.6 Å². The van der Waals surface area contributed by atoms with Gasteiger partial charge in [-0.25, -0.2) is 4.39 Å². The van der Waals surface area contributed by atoms with E-state index >= 15 is 0 Å². The molecule has 2 aromatic carbocycles. The van der Waals surface area contributed by atoms with Crippen molar-refractivity contribution in [2.24, 2.45) is 0 Å². The lowest BCUT2D eigenvalue weighted by Gasteiger charge is -2.18. The van der Waals surface area contributed by atoms with Gasteiger partial charge in [0.2, 0.25) is 11.6 Å². The molecule has 0 aliphatic rings. The van der Waals surface area contributed by atoms with Crippen LogP contribution in [0.25, 0.3) is 5.76 Å². The summed E-state index contributed by atoms with van der Waals surface area (Å²) < 4.78 is 15.0. The Bertz CT molecular complexity index is 859. The van der Waals surface area contributed by atoms with Crippen molar-refractivity contribution < 1.29 is 24.2 Å². The number of hydrogen-bond acceptors (Lipinski definition) is 4. The van der Waals surface area contributed by atoms with Crippen LogP contribution >= 0.6 is 15.9 Å². The summed E-state index contributed by atoms with van der Waals surface area (Å²) in [5.41, 5.74) is 0.393. The molecule has 0 fully saturated rings. The van der Waals surface area contributed by atoms with Crippen LogP contribution in [-0.2, 0) is 9.59 Å². The van der Waals surface area contributed by atoms with Crippen LogP contribution in [0.5, 0.6) is 0 Å². The predicted octanol–water partition coefficient (Wildman–Crippen LogP) is 4.57. The standard InChI is InChI=1S/C21H20BrFO4/c1-13(16-5-2-3-6-17(16)23)19(21(27)18(25)7-4-12-24)20(26)14-8-10-15(22)11-9-14/h2-3,5-6,8-11,13,24,26H,4,7,12H2,1H3/b20-19+. The molecule has 27 heavy (non-hydrogen) atoms. The molecule has 0 heterocycles. The van der Waals surface area contributed by atoms with E-state index < -0.39 is 23.3 Å². The molecule has 0 aliphatic heterocycles. The minimum absolute atomic E-state index is 0.142. The molecule has 1 atom stereocenters. The van der Waals surface area contributed by atoms with Crippen LogP contribution in [0.15, 0.2) is 58.6 Å². The lowest BCUT2D eigenvalue weighted by molar-refractivity contribution is -0.134. The highest BCUT2D eigenvalue weighted by molar-refractivity contribution is 9.10. The van der Waals surface area contributed by atoms with Gasteiger partial charge in [-0.2, -0.15) is 0 Å². The van der Waals surface area contributed by atoms with Crippen LogP contribution < -0.4 is 0 Å². The Morgan fingerprint density at radius 1 is 1.11 bits per heavy atom. The number of aliphatic hydroxyl groups excluding tert-OH is 2. The number of halogens is 2. The minimum Gasteiger partial charge on any atom is -0.507 e. The van der Waals surface area contributed by atoms with E-state index in [1.165, 1.54) is 18.2 Å². The second kappa shape index (κ2) is 9.58. The van der Waals surface area contributed by atoms with Crippen molar-refractivity contribution in [3.05, 3.63) is 75.5 Å². The summed E-state index contributed by atoms with van der Waals surface area (Å²) in [5.74, 6) is -3.33. The second-order valence-corrected chi connectivity index (χ2v) is 7.01. The van der Waals surface area contributed by atoms with Crippen molar-refractivity contribution in [1.82, 2.24) is 0 Å². The predicted molar refractivity (Wildman–Crippen MR) is 105 cm³/mol. The molecular weight excluding hydrogens is 415 g/mol. The molecule has 0 saturated carbocycles. The molecule has 2 rings (SSSR count). The Balaban J connectivity index is 2.55. The molecular formula is C21H20BrFO4. The number of carbonyl (C=O) groups is 2. The van der Waals surface area contributed by atoms with Crippen molar-refractivity contribution in [3.63, 3.8) is 0 Å². The second-order valence-electron chi connectivity index (χ2n) is 6.09. The molecule has 0 saturated heterocycles. The third-order valence-corrected chi connectivity index (χ3v) is 4.77. The molecule has 6 heteroatoms. The van der Waals surface area contributed by atoms with E-state index in [4.69, 9.17) is 5.11 Å². The van der Waals surface area contributed by atoms with Crippen molar-refractivity contribution >= 4 is 33.3 Å². The maximum Gasteiger partial charge on any atom is 0.228 e. The summed E-state index contributed by atoms with van der Waals surface area (Å²) >= 11 is 3.30. The molecule has 1 unspecified atom stereocenters. The summed E-state index contributed by atoms with van der Waals surface area (Å²) in [4.78, 5) is 25.0. The molecule has 0 aliphatic carbocycles. The van der Waals surface area contributed by atoms with E-state index in [1.807, 2.05) is 0 Å². The SMILES string of the molecule is CC(/C(C(=O)C(=O)CCCO)=C(\O)c1ccc(Br)cc1)c1ccccc1F.